The van der Waals surface area contributed by atoms with E-state index in [2.05, 4.69) is 5.32 Å². The molecule has 0 aromatic heterocycles. The normalized spacial score (nSPS) is 13.7. The average molecular weight is 366 g/mol. The third-order valence-electron chi connectivity index (χ3n) is 4.95. The van der Waals surface area contributed by atoms with Crippen LogP contribution in [0.25, 0.3) is 0 Å². The second kappa shape index (κ2) is 8.71. The molecule has 1 N–H and O–H groups in total. The van der Waals surface area contributed by atoms with Crippen LogP contribution in [0.5, 0.6) is 5.75 Å². The summed E-state index contributed by atoms with van der Waals surface area (Å²) in [6, 6.07) is 13.7. The van der Waals surface area contributed by atoms with Gasteiger partial charge >= 0.3 is 0 Å². The number of aryl methyl sites for hydroxylation is 1. The van der Waals surface area contributed by atoms with Crippen LogP contribution in [0.2, 0.25) is 0 Å². The van der Waals surface area contributed by atoms with Crippen molar-refractivity contribution in [2.24, 2.45) is 0 Å². The SMILES string of the molecule is Cc1cccc(OCCC(=O)NCc2ccc(N3CCCC3=O)cc2)c1C. The van der Waals surface area contributed by atoms with Gasteiger partial charge in [-0.05, 0) is 55.2 Å². The summed E-state index contributed by atoms with van der Waals surface area (Å²) in [6.45, 7) is 5.67. The number of hydrogen-bond acceptors (Lipinski definition) is 3. The van der Waals surface area contributed by atoms with E-state index in [-0.39, 0.29) is 11.8 Å². The third-order valence-corrected chi connectivity index (χ3v) is 4.95. The highest BCUT2D eigenvalue weighted by Crippen LogP contribution is 2.22. The fraction of sp³-hybridized carbons (Fsp3) is 0.364. The maximum absolute atomic E-state index is 12.0. The summed E-state index contributed by atoms with van der Waals surface area (Å²) in [5, 5.41) is 2.91. The maximum atomic E-state index is 12.0. The average Bonchev–Trinajstić information content (AvgIpc) is 3.10. The summed E-state index contributed by atoms with van der Waals surface area (Å²) in [5.41, 5.74) is 4.22. The highest BCUT2D eigenvalue weighted by molar-refractivity contribution is 5.95. The van der Waals surface area contributed by atoms with Gasteiger partial charge in [-0.25, -0.2) is 0 Å². The van der Waals surface area contributed by atoms with E-state index >= 15 is 0 Å². The summed E-state index contributed by atoms with van der Waals surface area (Å²) in [7, 11) is 0. The molecule has 0 aliphatic carbocycles. The van der Waals surface area contributed by atoms with E-state index in [0.29, 0.717) is 26.0 Å². The number of carbonyl (C=O) groups is 2. The van der Waals surface area contributed by atoms with Crippen LogP contribution in [0.1, 0.15) is 36.0 Å². The molecular formula is C22H26N2O3. The Morgan fingerprint density at radius 1 is 1.15 bits per heavy atom. The molecule has 1 fully saturated rings. The van der Waals surface area contributed by atoms with Gasteiger partial charge in [-0.1, -0.05) is 24.3 Å². The molecule has 2 amide bonds. The fourth-order valence-corrected chi connectivity index (χ4v) is 3.14. The molecule has 1 aliphatic rings. The van der Waals surface area contributed by atoms with Crippen LogP contribution in [-0.2, 0) is 16.1 Å². The van der Waals surface area contributed by atoms with Crippen molar-refractivity contribution < 1.29 is 14.3 Å². The molecule has 1 heterocycles. The lowest BCUT2D eigenvalue weighted by molar-refractivity contribution is -0.121. The summed E-state index contributed by atoms with van der Waals surface area (Å²) >= 11 is 0. The lowest BCUT2D eigenvalue weighted by atomic mass is 10.1. The second-order valence-electron chi connectivity index (χ2n) is 6.89. The standard InChI is InChI=1S/C22H26N2O3/c1-16-5-3-6-20(17(16)2)27-14-12-21(25)23-15-18-8-10-19(11-9-18)24-13-4-7-22(24)26/h3,5-6,8-11H,4,7,12-15H2,1-2H3,(H,23,25). The maximum Gasteiger partial charge on any atom is 0.227 e. The predicted molar refractivity (Wildman–Crippen MR) is 106 cm³/mol. The fourth-order valence-electron chi connectivity index (χ4n) is 3.14. The summed E-state index contributed by atoms with van der Waals surface area (Å²) in [6.07, 6.45) is 1.86. The quantitative estimate of drug-likeness (QED) is 0.816. The molecular weight excluding hydrogens is 340 g/mol. The first kappa shape index (κ1) is 19.0. The first-order chi connectivity index (χ1) is 13.0. The summed E-state index contributed by atoms with van der Waals surface area (Å²) < 4.78 is 5.72. The molecule has 3 rings (SSSR count). The van der Waals surface area contributed by atoms with Crippen LogP contribution in [0, 0.1) is 13.8 Å². The Bertz CT molecular complexity index is 815. The van der Waals surface area contributed by atoms with Gasteiger partial charge in [0.15, 0.2) is 0 Å². The zero-order valence-corrected chi connectivity index (χ0v) is 16.0. The van der Waals surface area contributed by atoms with Crippen molar-refractivity contribution in [1.29, 1.82) is 0 Å². The van der Waals surface area contributed by atoms with Crippen molar-refractivity contribution in [2.45, 2.75) is 39.7 Å². The van der Waals surface area contributed by atoms with Crippen molar-refractivity contribution >= 4 is 17.5 Å². The Morgan fingerprint density at radius 2 is 1.93 bits per heavy atom. The van der Waals surface area contributed by atoms with Crippen LogP contribution < -0.4 is 15.0 Å². The minimum absolute atomic E-state index is 0.0425. The first-order valence-electron chi connectivity index (χ1n) is 9.39. The molecule has 5 heteroatoms. The van der Waals surface area contributed by atoms with Crippen molar-refractivity contribution in [2.75, 3.05) is 18.1 Å². The Balaban J connectivity index is 1.42. The third kappa shape index (κ3) is 4.88. The molecule has 0 bridgehead atoms. The Kier molecular flexibility index (Phi) is 6.12. The van der Waals surface area contributed by atoms with Gasteiger partial charge in [0, 0.05) is 25.2 Å². The number of nitrogens with one attached hydrogen (secondary N) is 1. The van der Waals surface area contributed by atoms with E-state index in [1.165, 1.54) is 5.56 Å². The molecule has 1 saturated heterocycles. The van der Waals surface area contributed by atoms with Gasteiger partial charge in [-0.3, -0.25) is 9.59 Å². The number of benzene rings is 2. The summed E-state index contributed by atoms with van der Waals surface area (Å²) in [4.78, 5) is 25.6. The number of amides is 2. The van der Waals surface area contributed by atoms with Gasteiger partial charge in [0.25, 0.3) is 0 Å². The number of anilines is 1. The van der Waals surface area contributed by atoms with Gasteiger partial charge in [0.1, 0.15) is 5.75 Å². The molecule has 5 nitrogen and oxygen atoms in total. The smallest absolute Gasteiger partial charge is 0.227 e. The van der Waals surface area contributed by atoms with Crippen molar-refractivity contribution in [3.63, 3.8) is 0 Å². The number of nitrogens with zero attached hydrogens (tertiary/aromatic N) is 1. The Morgan fingerprint density at radius 3 is 2.63 bits per heavy atom. The minimum atomic E-state index is -0.0425. The topological polar surface area (TPSA) is 58.6 Å². The molecule has 2 aromatic rings. The van der Waals surface area contributed by atoms with Crippen molar-refractivity contribution in [3.8, 4) is 5.75 Å². The van der Waals surface area contributed by atoms with Crippen molar-refractivity contribution in [1.82, 2.24) is 5.32 Å². The molecule has 0 atom stereocenters. The van der Waals surface area contributed by atoms with E-state index in [4.69, 9.17) is 4.74 Å². The molecule has 0 saturated carbocycles. The van der Waals surface area contributed by atoms with Crippen molar-refractivity contribution in [3.05, 3.63) is 59.2 Å². The number of hydrogen-bond donors (Lipinski definition) is 1. The minimum Gasteiger partial charge on any atom is -0.493 e. The number of carbonyl (C=O) groups excluding carboxylic acids is 2. The van der Waals surface area contributed by atoms with Crippen LogP contribution in [0.15, 0.2) is 42.5 Å². The largest absolute Gasteiger partial charge is 0.493 e. The highest BCUT2D eigenvalue weighted by atomic mass is 16.5. The molecule has 142 valence electrons. The van der Waals surface area contributed by atoms with Gasteiger partial charge in [0.05, 0.1) is 13.0 Å². The molecule has 2 aromatic carbocycles. The zero-order valence-electron chi connectivity index (χ0n) is 16.0. The van der Waals surface area contributed by atoms with E-state index < -0.39 is 0 Å². The van der Waals surface area contributed by atoms with E-state index in [0.717, 1.165) is 35.5 Å². The number of ether oxygens (including phenoxy) is 1. The van der Waals surface area contributed by atoms with Gasteiger partial charge < -0.3 is 15.0 Å². The molecule has 0 spiro atoms. The van der Waals surface area contributed by atoms with Crippen LogP contribution in [-0.4, -0.2) is 25.0 Å². The predicted octanol–water partition coefficient (Wildman–Crippen LogP) is 3.52. The number of rotatable bonds is 7. The molecule has 1 aliphatic heterocycles. The Labute approximate surface area is 160 Å². The van der Waals surface area contributed by atoms with E-state index in [1.807, 2.05) is 61.2 Å². The van der Waals surface area contributed by atoms with Crippen LogP contribution in [0.4, 0.5) is 5.69 Å². The van der Waals surface area contributed by atoms with Crippen LogP contribution >= 0.6 is 0 Å². The second-order valence-corrected chi connectivity index (χ2v) is 6.89. The van der Waals surface area contributed by atoms with Gasteiger partial charge in [0.2, 0.25) is 11.8 Å². The van der Waals surface area contributed by atoms with Gasteiger partial charge in [-0.15, -0.1) is 0 Å². The molecule has 27 heavy (non-hydrogen) atoms. The lowest BCUT2D eigenvalue weighted by Crippen LogP contribution is -2.25. The highest BCUT2D eigenvalue weighted by Gasteiger charge is 2.21. The summed E-state index contributed by atoms with van der Waals surface area (Å²) in [5.74, 6) is 0.967. The van der Waals surface area contributed by atoms with Crippen LogP contribution in [0.3, 0.4) is 0 Å². The van der Waals surface area contributed by atoms with Gasteiger partial charge in [-0.2, -0.15) is 0 Å². The lowest BCUT2D eigenvalue weighted by Gasteiger charge is -2.16. The zero-order chi connectivity index (χ0) is 19.2. The molecule has 0 radical (unpaired) electrons. The monoisotopic (exact) mass is 366 g/mol. The molecule has 0 unspecified atom stereocenters. The first-order valence-corrected chi connectivity index (χ1v) is 9.39. The Hall–Kier alpha value is -2.82. The van der Waals surface area contributed by atoms with E-state index in [1.54, 1.807) is 0 Å². The van der Waals surface area contributed by atoms with E-state index in [9.17, 15) is 9.59 Å².